The van der Waals surface area contributed by atoms with E-state index in [2.05, 4.69) is 25.8 Å². The second-order valence-electron chi connectivity index (χ2n) is 7.32. The molecule has 0 bridgehead atoms. The van der Waals surface area contributed by atoms with Crippen LogP contribution in [0.1, 0.15) is 5.56 Å². The van der Waals surface area contributed by atoms with E-state index in [1.807, 2.05) is 59.4 Å². The Hall–Kier alpha value is -2.84. The van der Waals surface area contributed by atoms with Gasteiger partial charge in [-0.25, -0.2) is 13.1 Å². The topological polar surface area (TPSA) is 70.5 Å². The van der Waals surface area contributed by atoms with Gasteiger partial charge in [0.05, 0.1) is 23.8 Å². The van der Waals surface area contributed by atoms with Gasteiger partial charge in [0.25, 0.3) is 0 Å². The summed E-state index contributed by atoms with van der Waals surface area (Å²) in [5.41, 5.74) is 3.89. The van der Waals surface area contributed by atoms with Gasteiger partial charge in [-0.2, -0.15) is 5.10 Å². The molecule has 0 spiro atoms. The standard InChI is InChI=1S/C21H25N5O2S/c1-29(27,28)23-19-6-5-9-21(14-19)25-12-10-24(11-13-25)16-18-15-22-26(17-18)20-7-3-2-4-8-20/h2-9,14-15,17,23H,10-13,16H2,1H3. The number of hydrogen-bond donors (Lipinski definition) is 1. The summed E-state index contributed by atoms with van der Waals surface area (Å²) in [5.74, 6) is 0. The molecule has 0 saturated carbocycles. The van der Waals surface area contributed by atoms with Gasteiger partial charge in [0.2, 0.25) is 10.0 Å². The molecule has 1 saturated heterocycles. The van der Waals surface area contributed by atoms with Crippen LogP contribution >= 0.6 is 0 Å². The highest BCUT2D eigenvalue weighted by molar-refractivity contribution is 7.92. The first kappa shape index (κ1) is 19.5. The minimum absolute atomic E-state index is 0.598. The van der Waals surface area contributed by atoms with Crippen molar-refractivity contribution in [2.24, 2.45) is 0 Å². The van der Waals surface area contributed by atoms with Crippen molar-refractivity contribution in [2.75, 3.05) is 42.1 Å². The Morgan fingerprint density at radius 3 is 2.41 bits per heavy atom. The summed E-state index contributed by atoms with van der Waals surface area (Å²) < 4.78 is 27.4. The van der Waals surface area contributed by atoms with Gasteiger partial charge in [-0.1, -0.05) is 24.3 Å². The fraction of sp³-hybridized carbons (Fsp3) is 0.286. The minimum Gasteiger partial charge on any atom is -0.369 e. The monoisotopic (exact) mass is 411 g/mol. The first-order valence-corrected chi connectivity index (χ1v) is 11.5. The second-order valence-corrected chi connectivity index (χ2v) is 9.06. The van der Waals surface area contributed by atoms with E-state index in [9.17, 15) is 8.42 Å². The average molecular weight is 412 g/mol. The molecule has 0 aliphatic carbocycles. The summed E-state index contributed by atoms with van der Waals surface area (Å²) in [7, 11) is -3.27. The predicted molar refractivity (Wildman–Crippen MR) is 116 cm³/mol. The van der Waals surface area contributed by atoms with Crippen molar-refractivity contribution >= 4 is 21.4 Å². The Labute approximate surface area is 171 Å². The van der Waals surface area contributed by atoms with Crippen LogP contribution in [0.5, 0.6) is 0 Å². The highest BCUT2D eigenvalue weighted by Gasteiger charge is 2.18. The van der Waals surface area contributed by atoms with Crippen molar-refractivity contribution in [3.8, 4) is 5.69 Å². The normalized spacial score (nSPS) is 15.4. The minimum atomic E-state index is -3.27. The Bertz CT molecular complexity index is 1060. The van der Waals surface area contributed by atoms with Gasteiger partial charge in [-0.15, -0.1) is 0 Å². The Morgan fingerprint density at radius 1 is 0.966 bits per heavy atom. The zero-order valence-electron chi connectivity index (χ0n) is 16.4. The number of rotatable bonds is 6. The molecule has 0 amide bonds. The van der Waals surface area contributed by atoms with Gasteiger partial charge in [-0.05, 0) is 30.3 Å². The molecule has 29 heavy (non-hydrogen) atoms. The van der Waals surface area contributed by atoms with Crippen LogP contribution in [0, 0.1) is 0 Å². The maximum atomic E-state index is 11.5. The van der Waals surface area contributed by atoms with Crippen LogP contribution < -0.4 is 9.62 Å². The van der Waals surface area contributed by atoms with Crippen molar-refractivity contribution in [1.82, 2.24) is 14.7 Å². The van der Waals surface area contributed by atoms with Crippen molar-refractivity contribution in [3.05, 3.63) is 72.6 Å². The fourth-order valence-electron chi connectivity index (χ4n) is 3.57. The van der Waals surface area contributed by atoms with Crippen molar-refractivity contribution in [2.45, 2.75) is 6.54 Å². The summed E-state index contributed by atoms with van der Waals surface area (Å²) in [6.45, 7) is 4.56. The summed E-state index contributed by atoms with van der Waals surface area (Å²) in [6, 6.07) is 17.7. The van der Waals surface area contributed by atoms with E-state index in [0.29, 0.717) is 5.69 Å². The van der Waals surface area contributed by atoms with E-state index in [4.69, 9.17) is 0 Å². The highest BCUT2D eigenvalue weighted by atomic mass is 32.2. The lowest BCUT2D eigenvalue weighted by Crippen LogP contribution is -2.45. The molecule has 1 aliphatic rings. The zero-order chi connectivity index (χ0) is 20.3. The lowest BCUT2D eigenvalue weighted by Gasteiger charge is -2.36. The Kier molecular flexibility index (Phi) is 5.55. The van der Waals surface area contributed by atoms with Gasteiger partial charge in [-0.3, -0.25) is 9.62 Å². The second kappa shape index (κ2) is 8.26. The first-order valence-electron chi connectivity index (χ1n) is 9.60. The number of aromatic nitrogens is 2. The van der Waals surface area contributed by atoms with Crippen LogP contribution in [-0.4, -0.2) is 55.5 Å². The molecule has 1 aliphatic heterocycles. The van der Waals surface area contributed by atoms with Crippen LogP contribution in [0.3, 0.4) is 0 Å². The molecule has 152 valence electrons. The van der Waals surface area contributed by atoms with Crippen LogP contribution in [0.15, 0.2) is 67.0 Å². The van der Waals surface area contributed by atoms with Gasteiger partial charge in [0, 0.05) is 50.2 Å². The number of nitrogens with zero attached hydrogens (tertiary/aromatic N) is 4. The van der Waals surface area contributed by atoms with E-state index < -0.39 is 10.0 Å². The average Bonchev–Trinajstić information content (AvgIpc) is 3.17. The Balaban J connectivity index is 1.34. The zero-order valence-corrected chi connectivity index (χ0v) is 17.2. The number of piperazine rings is 1. The molecular formula is C21H25N5O2S. The van der Waals surface area contributed by atoms with E-state index in [-0.39, 0.29) is 0 Å². The highest BCUT2D eigenvalue weighted by Crippen LogP contribution is 2.22. The molecule has 2 aromatic carbocycles. The van der Waals surface area contributed by atoms with Crippen molar-refractivity contribution in [3.63, 3.8) is 0 Å². The molecule has 7 nitrogen and oxygen atoms in total. The number of nitrogens with one attached hydrogen (secondary N) is 1. The third kappa shape index (κ3) is 5.16. The summed E-state index contributed by atoms with van der Waals surface area (Å²) in [5, 5.41) is 4.48. The van der Waals surface area contributed by atoms with Crippen LogP contribution in [0.25, 0.3) is 5.69 Å². The lowest BCUT2D eigenvalue weighted by molar-refractivity contribution is 0.250. The van der Waals surface area contributed by atoms with Gasteiger partial charge >= 0.3 is 0 Å². The summed E-state index contributed by atoms with van der Waals surface area (Å²) >= 11 is 0. The maximum absolute atomic E-state index is 11.5. The van der Waals surface area contributed by atoms with Crippen LogP contribution in [0.2, 0.25) is 0 Å². The quantitative estimate of drug-likeness (QED) is 0.675. The molecule has 1 fully saturated rings. The van der Waals surface area contributed by atoms with Crippen LogP contribution in [-0.2, 0) is 16.6 Å². The number of benzene rings is 2. The molecule has 4 rings (SSSR count). The van der Waals surface area contributed by atoms with Crippen molar-refractivity contribution < 1.29 is 8.42 Å². The third-order valence-electron chi connectivity index (χ3n) is 4.95. The molecule has 0 radical (unpaired) electrons. The van der Waals surface area contributed by atoms with E-state index in [1.54, 1.807) is 6.07 Å². The fourth-order valence-corrected chi connectivity index (χ4v) is 4.12. The lowest BCUT2D eigenvalue weighted by atomic mass is 10.2. The number of hydrogen-bond acceptors (Lipinski definition) is 5. The molecule has 0 atom stereocenters. The third-order valence-corrected chi connectivity index (χ3v) is 5.56. The molecule has 8 heteroatoms. The summed E-state index contributed by atoms with van der Waals surface area (Å²) in [6.07, 6.45) is 5.18. The smallest absolute Gasteiger partial charge is 0.229 e. The van der Waals surface area contributed by atoms with E-state index in [1.165, 1.54) is 11.8 Å². The Morgan fingerprint density at radius 2 is 1.69 bits per heavy atom. The van der Waals surface area contributed by atoms with Gasteiger partial charge < -0.3 is 4.90 Å². The molecule has 1 aromatic heterocycles. The molecule has 0 unspecified atom stereocenters. The number of para-hydroxylation sites is 1. The van der Waals surface area contributed by atoms with Gasteiger partial charge in [0.1, 0.15) is 0 Å². The number of anilines is 2. The molecule has 2 heterocycles. The van der Waals surface area contributed by atoms with Crippen molar-refractivity contribution in [1.29, 1.82) is 0 Å². The first-order chi connectivity index (χ1) is 14.0. The summed E-state index contributed by atoms with van der Waals surface area (Å²) in [4.78, 5) is 4.71. The maximum Gasteiger partial charge on any atom is 0.229 e. The number of sulfonamides is 1. The van der Waals surface area contributed by atoms with Crippen LogP contribution in [0.4, 0.5) is 11.4 Å². The molecular weight excluding hydrogens is 386 g/mol. The van der Waals surface area contributed by atoms with Gasteiger partial charge in [0.15, 0.2) is 0 Å². The van der Waals surface area contributed by atoms with E-state index in [0.717, 1.165) is 44.1 Å². The molecule has 1 N–H and O–H groups in total. The predicted octanol–water partition coefficient (Wildman–Crippen LogP) is 2.57. The SMILES string of the molecule is CS(=O)(=O)Nc1cccc(N2CCN(Cc3cnn(-c4ccccc4)c3)CC2)c1. The molecule has 3 aromatic rings. The largest absolute Gasteiger partial charge is 0.369 e. The van der Waals surface area contributed by atoms with E-state index >= 15 is 0 Å².